The Morgan fingerprint density at radius 1 is 1.00 bits per heavy atom. The van der Waals surface area contributed by atoms with Gasteiger partial charge in [-0.15, -0.1) is 0 Å². The minimum atomic E-state index is 0.0692. The van der Waals surface area contributed by atoms with E-state index in [9.17, 15) is 4.79 Å². The molecule has 0 saturated heterocycles. The van der Waals surface area contributed by atoms with Crippen molar-refractivity contribution in [3.05, 3.63) is 81.9 Å². The zero-order chi connectivity index (χ0) is 20.1. The van der Waals surface area contributed by atoms with Gasteiger partial charge in [-0.25, -0.2) is 0 Å². The summed E-state index contributed by atoms with van der Waals surface area (Å²) in [7, 11) is 3.80. The summed E-state index contributed by atoms with van der Waals surface area (Å²) in [6.07, 6.45) is 4.98. The van der Waals surface area contributed by atoms with Crippen LogP contribution in [0.15, 0.2) is 59.7 Å². The third-order valence-electron chi connectivity index (χ3n) is 6.02. The Bertz CT molecular complexity index is 1300. The minimum absolute atomic E-state index is 0.0692. The van der Waals surface area contributed by atoms with Crippen molar-refractivity contribution >= 4 is 16.6 Å². The van der Waals surface area contributed by atoms with Crippen LogP contribution in [0.4, 0.5) is 5.69 Å². The van der Waals surface area contributed by atoms with Crippen LogP contribution in [0.1, 0.15) is 16.7 Å². The number of aryl methyl sites for hydroxylation is 3. The van der Waals surface area contributed by atoms with E-state index in [0.29, 0.717) is 0 Å². The number of fused-ring (bicyclic) bond motifs is 2. The predicted octanol–water partition coefficient (Wildman–Crippen LogP) is 3.81. The molecule has 0 bridgehead atoms. The van der Waals surface area contributed by atoms with Gasteiger partial charge in [-0.05, 0) is 54.3 Å². The number of hydrogen-bond donors (Lipinski definition) is 0. The normalized spacial score (nSPS) is 13.7. The Kier molecular flexibility index (Phi) is 4.05. The smallest absolute Gasteiger partial charge is 0.253 e. The van der Waals surface area contributed by atoms with Gasteiger partial charge in [-0.1, -0.05) is 18.2 Å². The number of nitrogens with zero attached hydrogens (tertiary/aromatic N) is 4. The Morgan fingerprint density at radius 3 is 2.66 bits per heavy atom. The van der Waals surface area contributed by atoms with Crippen LogP contribution in [0.5, 0.6) is 0 Å². The predicted molar refractivity (Wildman–Crippen MR) is 117 cm³/mol. The number of anilines is 1. The Labute approximate surface area is 169 Å². The molecule has 29 heavy (non-hydrogen) atoms. The summed E-state index contributed by atoms with van der Waals surface area (Å²) in [5.41, 5.74) is 8.14. The van der Waals surface area contributed by atoms with Crippen molar-refractivity contribution in [3.63, 3.8) is 0 Å². The third-order valence-corrected chi connectivity index (χ3v) is 6.02. The molecule has 0 atom stereocenters. The van der Waals surface area contributed by atoms with Crippen molar-refractivity contribution in [2.75, 3.05) is 11.4 Å². The van der Waals surface area contributed by atoms with E-state index in [0.717, 1.165) is 41.5 Å². The molecule has 5 rings (SSSR count). The average molecular weight is 384 g/mol. The molecule has 2 aromatic heterocycles. The van der Waals surface area contributed by atoms with Crippen molar-refractivity contribution in [3.8, 4) is 11.1 Å². The zero-order valence-corrected chi connectivity index (χ0v) is 17.0. The SMILES string of the molecule is Cc1cc2c(N3CCc4ccc(-c5cnn(C)c5)cc4C3)cccc2n(C)c1=O. The fourth-order valence-electron chi connectivity index (χ4n) is 4.42. The molecule has 0 radical (unpaired) electrons. The van der Waals surface area contributed by atoms with Gasteiger partial charge >= 0.3 is 0 Å². The van der Waals surface area contributed by atoms with Gasteiger partial charge in [0.05, 0.1) is 11.7 Å². The second-order valence-corrected chi connectivity index (χ2v) is 7.96. The van der Waals surface area contributed by atoms with Gasteiger partial charge in [0.15, 0.2) is 0 Å². The standard InChI is InChI=1S/C24H24N4O/c1-16-11-21-22(27(3)24(16)29)5-4-6-23(21)28-10-9-17-7-8-18(12-19(17)15-28)20-13-25-26(2)14-20/h4-8,11-14H,9-10,15H2,1-3H3. The van der Waals surface area contributed by atoms with Crippen molar-refractivity contribution in [1.29, 1.82) is 0 Å². The molecule has 1 aliphatic rings. The molecule has 5 heteroatoms. The quantitative estimate of drug-likeness (QED) is 0.528. The maximum Gasteiger partial charge on any atom is 0.253 e. The van der Waals surface area contributed by atoms with Crippen LogP contribution in [0.25, 0.3) is 22.0 Å². The van der Waals surface area contributed by atoms with Crippen LogP contribution < -0.4 is 10.5 Å². The number of benzene rings is 2. The van der Waals surface area contributed by atoms with Crippen LogP contribution in [0.2, 0.25) is 0 Å². The lowest BCUT2D eigenvalue weighted by Crippen LogP contribution is -2.31. The fourth-order valence-corrected chi connectivity index (χ4v) is 4.42. The lowest BCUT2D eigenvalue weighted by atomic mass is 9.95. The van der Waals surface area contributed by atoms with Gasteiger partial charge in [-0.2, -0.15) is 5.10 Å². The first-order valence-electron chi connectivity index (χ1n) is 9.96. The molecular formula is C24H24N4O. The van der Waals surface area contributed by atoms with Gasteiger partial charge in [0.2, 0.25) is 0 Å². The summed E-state index contributed by atoms with van der Waals surface area (Å²) < 4.78 is 3.59. The van der Waals surface area contributed by atoms with Gasteiger partial charge in [0.25, 0.3) is 5.56 Å². The molecule has 0 amide bonds. The van der Waals surface area contributed by atoms with E-state index in [2.05, 4.69) is 40.5 Å². The number of pyridine rings is 1. The maximum atomic E-state index is 12.4. The molecule has 3 heterocycles. The van der Waals surface area contributed by atoms with Crippen molar-refractivity contribution in [2.45, 2.75) is 19.9 Å². The highest BCUT2D eigenvalue weighted by Gasteiger charge is 2.20. The molecule has 146 valence electrons. The molecule has 0 fully saturated rings. The number of hydrogen-bond acceptors (Lipinski definition) is 3. The molecule has 0 saturated carbocycles. The van der Waals surface area contributed by atoms with Crippen LogP contribution in [-0.4, -0.2) is 20.9 Å². The largest absolute Gasteiger partial charge is 0.366 e. The average Bonchev–Trinajstić information content (AvgIpc) is 3.17. The Hall–Kier alpha value is -3.34. The highest BCUT2D eigenvalue weighted by atomic mass is 16.1. The van der Waals surface area contributed by atoms with Crippen molar-refractivity contribution < 1.29 is 0 Å². The van der Waals surface area contributed by atoms with E-state index in [1.807, 2.05) is 50.1 Å². The summed E-state index contributed by atoms with van der Waals surface area (Å²) in [5, 5.41) is 5.44. The van der Waals surface area contributed by atoms with E-state index in [4.69, 9.17) is 0 Å². The summed E-state index contributed by atoms with van der Waals surface area (Å²) in [4.78, 5) is 14.8. The highest BCUT2D eigenvalue weighted by molar-refractivity contribution is 5.92. The van der Waals surface area contributed by atoms with E-state index in [1.165, 1.54) is 22.4 Å². The summed E-state index contributed by atoms with van der Waals surface area (Å²) in [6.45, 7) is 3.73. The maximum absolute atomic E-state index is 12.4. The van der Waals surface area contributed by atoms with E-state index in [-0.39, 0.29) is 5.56 Å². The molecule has 5 nitrogen and oxygen atoms in total. The Morgan fingerprint density at radius 2 is 1.86 bits per heavy atom. The van der Waals surface area contributed by atoms with Crippen molar-refractivity contribution in [1.82, 2.24) is 14.3 Å². The van der Waals surface area contributed by atoms with E-state index < -0.39 is 0 Å². The summed E-state index contributed by atoms with van der Waals surface area (Å²) in [5.74, 6) is 0. The molecule has 4 aromatic rings. The molecular weight excluding hydrogens is 360 g/mol. The number of rotatable bonds is 2. The molecule has 0 N–H and O–H groups in total. The first-order valence-corrected chi connectivity index (χ1v) is 9.96. The van der Waals surface area contributed by atoms with Crippen LogP contribution in [0.3, 0.4) is 0 Å². The first kappa shape index (κ1) is 17.7. The molecule has 0 spiro atoms. The number of aromatic nitrogens is 3. The first-order chi connectivity index (χ1) is 14.0. The van der Waals surface area contributed by atoms with Crippen LogP contribution in [0, 0.1) is 6.92 Å². The molecule has 0 aliphatic carbocycles. The lowest BCUT2D eigenvalue weighted by molar-refractivity contribution is 0.734. The lowest BCUT2D eigenvalue weighted by Gasteiger charge is -2.32. The highest BCUT2D eigenvalue weighted by Crippen LogP contribution is 2.32. The minimum Gasteiger partial charge on any atom is -0.366 e. The second kappa shape index (κ2) is 6.62. The third kappa shape index (κ3) is 2.94. The summed E-state index contributed by atoms with van der Waals surface area (Å²) in [6, 6.07) is 15.0. The van der Waals surface area contributed by atoms with Crippen LogP contribution in [-0.2, 0) is 27.1 Å². The Balaban J connectivity index is 1.56. The van der Waals surface area contributed by atoms with Gasteiger partial charge < -0.3 is 9.47 Å². The topological polar surface area (TPSA) is 43.1 Å². The van der Waals surface area contributed by atoms with E-state index >= 15 is 0 Å². The van der Waals surface area contributed by atoms with Crippen molar-refractivity contribution in [2.24, 2.45) is 14.1 Å². The fraction of sp³-hybridized carbons (Fsp3) is 0.250. The molecule has 2 aromatic carbocycles. The van der Waals surface area contributed by atoms with Gasteiger partial charge in [0, 0.05) is 55.6 Å². The zero-order valence-electron chi connectivity index (χ0n) is 17.0. The second-order valence-electron chi connectivity index (χ2n) is 7.96. The van der Waals surface area contributed by atoms with E-state index in [1.54, 1.807) is 4.57 Å². The monoisotopic (exact) mass is 384 g/mol. The van der Waals surface area contributed by atoms with Crippen LogP contribution >= 0.6 is 0 Å². The van der Waals surface area contributed by atoms with Gasteiger partial charge in [0.1, 0.15) is 0 Å². The van der Waals surface area contributed by atoms with Gasteiger partial charge in [-0.3, -0.25) is 9.48 Å². The molecule has 1 aliphatic heterocycles. The summed E-state index contributed by atoms with van der Waals surface area (Å²) >= 11 is 0. The molecule has 0 unspecified atom stereocenters.